The molecule has 0 radical (unpaired) electrons. The molecule has 0 saturated carbocycles. The van der Waals surface area contributed by atoms with E-state index < -0.39 is 254 Å². The number of likely N-dealkylation sites (N-methyl/N-ethyl adjacent to an activating group) is 3. The number of phenols is 1. The van der Waals surface area contributed by atoms with Crippen LogP contribution in [0.5, 0.6) is 5.75 Å². The lowest BCUT2D eigenvalue weighted by molar-refractivity contribution is -0.149. The molecule has 3 aromatic carbocycles. The van der Waals surface area contributed by atoms with Gasteiger partial charge in [-0.3, -0.25) is 86.9 Å². The van der Waals surface area contributed by atoms with Crippen LogP contribution < -0.4 is 75.7 Å². The number of carbonyl (C=O) groups is 17. The van der Waals surface area contributed by atoms with Crippen molar-refractivity contribution in [3.05, 3.63) is 102 Å². The number of fused-ring (bicyclic) bond motifs is 4. The number of benzene rings is 3. The van der Waals surface area contributed by atoms with Gasteiger partial charge in [-0.15, -0.1) is 11.8 Å². The van der Waals surface area contributed by atoms with Gasteiger partial charge in [0, 0.05) is 106 Å². The van der Waals surface area contributed by atoms with E-state index in [0.717, 1.165) is 36.3 Å². The van der Waals surface area contributed by atoms with E-state index in [1.54, 1.807) is 81.0 Å². The molecule has 132 heavy (non-hydrogen) atoms. The first-order valence-electron chi connectivity index (χ1n) is 43.7. The maximum Gasteiger partial charge on any atom is 0.246 e. The highest BCUT2D eigenvalue weighted by Crippen LogP contribution is 2.28. The highest BCUT2D eigenvalue weighted by Gasteiger charge is 2.47. The fourth-order valence-corrected chi connectivity index (χ4v) is 17.3. The van der Waals surface area contributed by atoms with Crippen LogP contribution in [0.4, 0.5) is 0 Å². The zero-order valence-corrected chi connectivity index (χ0v) is 76.7. The SMILES string of the molecule is CCCC[C@H]1C(=O)N[C@@H](CCCNC(=N)N)C(=O)NC(C(=O)NCC(N)=O)CSCC(=O)N[C@@H](Cc2ccc(O)cc2)C(=O)N(C)[C@@H](C)C(=O)N[C@@H](CC(N)=O)C(=O)N2CCC[C@H]2C(=O)N[C@@H](CO)C(=O)N[C@@H](CC(C)C)C(=O)N2C[C@H](O)C[C@H]2C(=O)N[C@@H](Cc2c[nH]c3ccccc23)C(=O)N[C@@H](CO)C(=O)N[C@@H](Cc2c[nH]c3ccccc23)C(=O)N(C)[C@@H](CCSC)C(=O)N1C. The lowest BCUT2D eigenvalue weighted by Gasteiger charge is -2.36. The Bertz CT molecular complexity index is 4960. The van der Waals surface area contributed by atoms with Gasteiger partial charge in [-0.1, -0.05) is 82.1 Å². The summed E-state index contributed by atoms with van der Waals surface area (Å²) in [4.78, 5) is 260. The standard InChI is InChI=1S/C87H124N22O21S2/c1-9-10-22-66-79(123)97-57(21-15-29-92-87(90)91)75(119)104-65(74(118)95-40-71(89)115)44-132-45-72(116)96-60(33-48-24-26-51(112)27-25-48)82(126)105(5)47(4)73(117)99-62(37-70(88)114)84(128)108-30-16-23-67(108)80(124)103-64(43-111)78(122)100-59(32-46(2)3)85(129)109-41-52(113)36-69(109)81(125)98-58(34-49-38-93-55-19-13-11-17-53(49)55)76(120)102-63(42-110)77(121)101-61(35-50-39-94-56-20-14-12-18-54(50)56)83(127)107(7)68(28-31-131-8)86(130)106(66)6/h11-14,17-20,24-27,38-39,46-47,52,57-69,93-94,110-113H,9-10,15-16,21-23,28-37,40-45H2,1-8H3,(H2,88,114)(H2,89,115)(H,95,118)(H,96,116)(H,97,123)(H,98,125)(H,99,117)(H,100,122)(H,101,121)(H,102,120)(H,103,124)(H,104,119)(H4,90,91,92)/t47-,52+,57-,58-,59-,60-,61-,62-,63-,64-,65?,66-,67-,68-,69-/m0/s1. The van der Waals surface area contributed by atoms with Gasteiger partial charge >= 0.3 is 0 Å². The summed E-state index contributed by atoms with van der Waals surface area (Å²) in [5.41, 5.74) is 19.3. The molecule has 3 aliphatic rings. The Labute approximate surface area is 771 Å². The fraction of sp³-hybridized carbons (Fsp3) is 0.540. The van der Waals surface area contributed by atoms with E-state index in [2.05, 4.69) is 68.5 Å². The molecule has 5 aromatic rings. The molecule has 5 heterocycles. The third kappa shape index (κ3) is 29.2. The lowest BCUT2D eigenvalue weighted by atomic mass is 10.0. The van der Waals surface area contributed by atoms with Crippen molar-refractivity contribution in [1.29, 1.82) is 5.41 Å². The molecule has 0 aliphatic carbocycles. The van der Waals surface area contributed by atoms with Crippen LogP contribution in [0, 0.1) is 11.3 Å². The number of rotatable bonds is 25. The predicted molar refractivity (Wildman–Crippen MR) is 488 cm³/mol. The number of guanidine groups is 1. The molecule has 17 amide bonds. The molecule has 1 unspecified atom stereocenters. The number of nitrogens with two attached hydrogens (primary N) is 3. The van der Waals surface area contributed by atoms with Gasteiger partial charge in [-0.05, 0) is 111 Å². The van der Waals surface area contributed by atoms with Crippen molar-refractivity contribution < 1.29 is 102 Å². The number of aromatic nitrogens is 2. The van der Waals surface area contributed by atoms with Crippen LogP contribution in [0.25, 0.3) is 21.8 Å². The normalized spacial score (nSPS) is 25.1. The Kier molecular flexibility index (Phi) is 39.8. The van der Waals surface area contributed by atoms with Crippen LogP contribution >= 0.6 is 23.5 Å². The number of aliphatic hydroxyl groups excluding tert-OH is 3. The summed E-state index contributed by atoms with van der Waals surface area (Å²) in [5, 5.41) is 81.0. The van der Waals surface area contributed by atoms with Crippen molar-refractivity contribution in [2.24, 2.45) is 23.1 Å². The maximum absolute atomic E-state index is 15.7. The number of para-hydroxylation sites is 2. The number of nitrogens with one attached hydrogen (secondary N) is 14. The monoisotopic (exact) mass is 1880 g/mol. The Morgan fingerprint density at radius 2 is 1.09 bits per heavy atom. The largest absolute Gasteiger partial charge is 0.508 e. The van der Waals surface area contributed by atoms with Crippen LogP contribution in [0.15, 0.2) is 85.2 Å². The first-order chi connectivity index (χ1) is 62.8. The van der Waals surface area contributed by atoms with Crippen molar-refractivity contribution >= 4 is 152 Å². The maximum atomic E-state index is 15.7. The number of unbranched alkanes of at least 4 members (excludes halogenated alkanes) is 1. The minimum atomic E-state index is -1.90. The number of amides is 17. The Hall–Kier alpha value is -12.6. The number of aromatic amines is 2. The van der Waals surface area contributed by atoms with Crippen LogP contribution in [-0.2, 0) is 101 Å². The molecule has 3 saturated heterocycles. The molecule has 8 rings (SSSR count). The number of thioether (sulfide) groups is 2. The molecule has 3 aliphatic heterocycles. The first-order valence-corrected chi connectivity index (χ1v) is 46.2. The summed E-state index contributed by atoms with van der Waals surface area (Å²) >= 11 is 2.07. The number of H-pyrrole nitrogens is 2. The first kappa shape index (κ1) is 105. The van der Waals surface area contributed by atoms with Crippen molar-refractivity contribution in [2.45, 2.75) is 208 Å². The average molecular weight is 1880 g/mol. The van der Waals surface area contributed by atoms with Gasteiger partial charge in [0.15, 0.2) is 5.96 Å². The van der Waals surface area contributed by atoms with Crippen molar-refractivity contribution in [3.8, 4) is 5.75 Å². The van der Waals surface area contributed by atoms with Gasteiger partial charge in [0.2, 0.25) is 100 Å². The highest BCUT2D eigenvalue weighted by atomic mass is 32.2. The highest BCUT2D eigenvalue weighted by molar-refractivity contribution is 8.00. The topological polar surface area (TPSA) is 653 Å². The molecule has 0 bridgehead atoms. The van der Waals surface area contributed by atoms with Gasteiger partial charge < -0.3 is 131 Å². The fourth-order valence-electron chi connectivity index (χ4n) is 16.0. The second-order valence-electron chi connectivity index (χ2n) is 33.5. The van der Waals surface area contributed by atoms with E-state index >= 15 is 33.6 Å². The molecule has 720 valence electrons. The molecular weight excluding hydrogens is 1750 g/mol. The molecule has 3 fully saturated rings. The van der Waals surface area contributed by atoms with E-state index in [4.69, 9.17) is 22.6 Å². The summed E-state index contributed by atoms with van der Waals surface area (Å²) in [6.45, 7) is 2.89. The third-order valence-corrected chi connectivity index (χ3v) is 25.0. The molecular formula is C87H124N22O21S2. The summed E-state index contributed by atoms with van der Waals surface area (Å²) < 4.78 is 0. The average Bonchev–Trinajstić information content (AvgIpc) is 1.22. The summed E-state index contributed by atoms with van der Waals surface area (Å²) in [6.07, 6.45) is 1.91. The molecule has 24 N–H and O–H groups in total. The number of nitrogens with zero attached hydrogens (tertiary/aromatic N) is 5. The zero-order chi connectivity index (χ0) is 96.9. The molecule has 2 aromatic heterocycles. The summed E-state index contributed by atoms with van der Waals surface area (Å²) in [6, 6.07) is -2.89. The van der Waals surface area contributed by atoms with E-state index in [0.29, 0.717) is 51.3 Å². The lowest BCUT2D eigenvalue weighted by Crippen LogP contribution is -2.62. The number of aromatic hydroxyl groups is 1. The minimum Gasteiger partial charge on any atom is -0.508 e. The number of hydrogen-bond acceptors (Lipinski definition) is 24. The van der Waals surface area contributed by atoms with E-state index in [9.17, 15) is 68.4 Å². The number of primary amides is 2. The van der Waals surface area contributed by atoms with E-state index in [1.165, 1.54) is 64.1 Å². The van der Waals surface area contributed by atoms with E-state index in [1.807, 2.05) is 6.92 Å². The number of carbonyl (C=O) groups excluding carboxylic acids is 17. The van der Waals surface area contributed by atoms with Gasteiger partial charge in [0.1, 0.15) is 90.3 Å². The Balaban J connectivity index is 1.19. The van der Waals surface area contributed by atoms with Gasteiger partial charge in [0.05, 0.1) is 38.0 Å². The van der Waals surface area contributed by atoms with Crippen LogP contribution in [-0.4, -0.2) is 336 Å². The van der Waals surface area contributed by atoms with Gasteiger partial charge in [-0.2, -0.15) is 11.8 Å². The predicted octanol–water partition coefficient (Wildman–Crippen LogP) is -4.34. The number of phenolic OH excluding ortho intramolecular Hbond substituents is 1. The van der Waals surface area contributed by atoms with Crippen molar-refractivity contribution in [3.63, 3.8) is 0 Å². The van der Waals surface area contributed by atoms with Crippen molar-refractivity contribution in [1.82, 2.24) is 93.0 Å². The smallest absolute Gasteiger partial charge is 0.246 e. The molecule has 15 atom stereocenters. The van der Waals surface area contributed by atoms with Gasteiger partial charge in [0.25, 0.3) is 0 Å². The molecule has 45 heteroatoms. The second kappa shape index (κ2) is 50.1. The summed E-state index contributed by atoms with van der Waals surface area (Å²) in [7, 11) is 3.86. The Morgan fingerprint density at radius 3 is 1.68 bits per heavy atom. The van der Waals surface area contributed by atoms with E-state index in [-0.39, 0.29) is 88.8 Å². The Morgan fingerprint density at radius 1 is 0.561 bits per heavy atom. The molecule has 0 spiro atoms. The quantitative estimate of drug-likeness (QED) is 0.0149. The number of aliphatic hydroxyl groups is 3. The van der Waals surface area contributed by atoms with Gasteiger partial charge in [-0.25, -0.2) is 0 Å². The second-order valence-corrected chi connectivity index (χ2v) is 35.5. The van der Waals surface area contributed by atoms with Crippen molar-refractivity contribution in [2.75, 3.05) is 84.1 Å². The van der Waals surface area contributed by atoms with Crippen LogP contribution in [0.1, 0.15) is 115 Å². The molecule has 43 nitrogen and oxygen atoms in total. The zero-order valence-electron chi connectivity index (χ0n) is 75.1. The number of hydrogen-bond donors (Lipinski definition) is 21. The third-order valence-electron chi connectivity index (χ3n) is 23.3. The minimum absolute atomic E-state index is 0.0193. The summed E-state index contributed by atoms with van der Waals surface area (Å²) in [5.74, 6) is -18.4. The van der Waals surface area contributed by atoms with Crippen LogP contribution in [0.2, 0.25) is 0 Å². The van der Waals surface area contributed by atoms with Crippen LogP contribution in [0.3, 0.4) is 0 Å².